The maximum absolute atomic E-state index is 13.8. The van der Waals surface area contributed by atoms with Crippen LogP contribution < -0.4 is 13.8 Å². The molecule has 1 heterocycles. The molecular formula is C25H33N3O7S. The van der Waals surface area contributed by atoms with E-state index in [0.717, 1.165) is 15.4 Å². The standard InChI is InChI=1S/C25H33N3O7S/c1-6-35-25(30)27-11-9-26(10-12-27)24(29)17-28(20-14-18(2)13-19(3)15-20)36(31,32)21-7-8-22(33-4)23(16-21)34-5/h7-8,13-16H,6,9-12,17H2,1-5H3. The average Bonchev–Trinajstić information content (AvgIpc) is 2.86. The minimum absolute atomic E-state index is 0.0285. The molecule has 2 aromatic rings. The highest BCUT2D eigenvalue weighted by atomic mass is 32.2. The Bertz CT molecular complexity index is 1190. The highest BCUT2D eigenvalue weighted by molar-refractivity contribution is 7.92. The number of anilines is 1. The van der Waals surface area contributed by atoms with Gasteiger partial charge in [-0.2, -0.15) is 0 Å². The van der Waals surface area contributed by atoms with Crippen molar-refractivity contribution in [3.63, 3.8) is 0 Å². The van der Waals surface area contributed by atoms with Crippen molar-refractivity contribution in [1.82, 2.24) is 9.80 Å². The molecule has 0 saturated carbocycles. The molecule has 36 heavy (non-hydrogen) atoms. The van der Waals surface area contributed by atoms with E-state index in [4.69, 9.17) is 14.2 Å². The molecule has 0 radical (unpaired) electrons. The summed E-state index contributed by atoms with van der Waals surface area (Å²) in [6, 6.07) is 9.72. The molecule has 11 heteroatoms. The van der Waals surface area contributed by atoms with Crippen LogP contribution in [0.5, 0.6) is 11.5 Å². The molecule has 1 aliphatic rings. The fraction of sp³-hybridized carbons (Fsp3) is 0.440. The second-order valence-corrected chi connectivity index (χ2v) is 10.3. The number of sulfonamides is 1. The summed E-state index contributed by atoms with van der Waals surface area (Å²) in [4.78, 5) is 28.4. The van der Waals surface area contributed by atoms with Gasteiger partial charge in [-0.3, -0.25) is 9.10 Å². The molecule has 196 valence electrons. The lowest BCUT2D eigenvalue weighted by molar-refractivity contribution is -0.131. The van der Waals surface area contributed by atoms with E-state index in [9.17, 15) is 18.0 Å². The zero-order valence-electron chi connectivity index (χ0n) is 21.3. The quantitative estimate of drug-likeness (QED) is 0.528. The van der Waals surface area contributed by atoms with Crippen molar-refractivity contribution < 1.29 is 32.2 Å². The van der Waals surface area contributed by atoms with Gasteiger partial charge in [-0.25, -0.2) is 13.2 Å². The van der Waals surface area contributed by atoms with Crippen LogP contribution >= 0.6 is 0 Å². The molecule has 0 atom stereocenters. The highest BCUT2D eigenvalue weighted by Gasteiger charge is 2.32. The summed E-state index contributed by atoms with van der Waals surface area (Å²) in [6.45, 7) is 6.56. The van der Waals surface area contributed by atoms with E-state index in [1.807, 2.05) is 19.9 Å². The Morgan fingerprint density at radius 2 is 1.47 bits per heavy atom. The van der Waals surface area contributed by atoms with E-state index < -0.39 is 16.1 Å². The van der Waals surface area contributed by atoms with Gasteiger partial charge in [0.05, 0.1) is 31.4 Å². The van der Waals surface area contributed by atoms with Gasteiger partial charge in [0.2, 0.25) is 5.91 Å². The van der Waals surface area contributed by atoms with Crippen molar-refractivity contribution in [3.8, 4) is 11.5 Å². The number of carbonyl (C=O) groups excluding carboxylic acids is 2. The van der Waals surface area contributed by atoms with Crippen LogP contribution in [-0.4, -0.2) is 83.8 Å². The van der Waals surface area contributed by atoms with Crippen molar-refractivity contribution in [1.29, 1.82) is 0 Å². The minimum Gasteiger partial charge on any atom is -0.493 e. The maximum Gasteiger partial charge on any atom is 0.409 e. The summed E-state index contributed by atoms with van der Waals surface area (Å²) >= 11 is 0. The molecule has 1 fully saturated rings. The SMILES string of the molecule is CCOC(=O)N1CCN(C(=O)CN(c2cc(C)cc(C)c2)S(=O)(=O)c2ccc(OC)c(OC)c2)CC1. The largest absolute Gasteiger partial charge is 0.493 e. The van der Waals surface area contributed by atoms with Crippen LogP contribution in [-0.2, 0) is 19.6 Å². The minimum atomic E-state index is -4.14. The van der Waals surface area contributed by atoms with Gasteiger partial charge in [0.1, 0.15) is 6.54 Å². The summed E-state index contributed by atoms with van der Waals surface area (Å²) in [7, 11) is -1.25. The van der Waals surface area contributed by atoms with E-state index in [1.54, 1.807) is 24.0 Å². The first kappa shape index (κ1) is 27.1. The summed E-state index contributed by atoms with van der Waals surface area (Å²) in [5.41, 5.74) is 2.13. The molecule has 10 nitrogen and oxygen atoms in total. The number of amides is 2. The fourth-order valence-electron chi connectivity index (χ4n) is 4.09. The van der Waals surface area contributed by atoms with Gasteiger partial charge in [-0.1, -0.05) is 6.07 Å². The monoisotopic (exact) mass is 519 g/mol. The third kappa shape index (κ3) is 6.01. The zero-order chi connectivity index (χ0) is 26.5. The Hall–Kier alpha value is -3.47. The van der Waals surface area contributed by atoms with Crippen molar-refractivity contribution in [2.45, 2.75) is 25.7 Å². The predicted octanol–water partition coefficient (Wildman–Crippen LogP) is 2.82. The molecule has 0 aromatic heterocycles. The van der Waals surface area contributed by atoms with Crippen molar-refractivity contribution in [2.75, 3.05) is 57.9 Å². The third-order valence-corrected chi connectivity index (χ3v) is 7.64. The van der Waals surface area contributed by atoms with Crippen LogP contribution in [0.3, 0.4) is 0 Å². The lowest BCUT2D eigenvalue weighted by atomic mass is 10.1. The van der Waals surface area contributed by atoms with Gasteiger partial charge in [0.15, 0.2) is 11.5 Å². The van der Waals surface area contributed by atoms with Crippen molar-refractivity contribution >= 4 is 27.7 Å². The van der Waals surface area contributed by atoms with E-state index in [2.05, 4.69) is 0 Å². The van der Waals surface area contributed by atoms with Crippen LogP contribution in [0.15, 0.2) is 41.3 Å². The Balaban J connectivity index is 1.91. The smallest absolute Gasteiger partial charge is 0.409 e. The Labute approximate surface area is 212 Å². The number of piperazine rings is 1. The molecule has 1 saturated heterocycles. The van der Waals surface area contributed by atoms with Gasteiger partial charge in [-0.15, -0.1) is 0 Å². The first-order chi connectivity index (χ1) is 17.1. The first-order valence-corrected chi connectivity index (χ1v) is 13.1. The van der Waals surface area contributed by atoms with Gasteiger partial charge >= 0.3 is 6.09 Å². The Kier molecular flexibility index (Phi) is 8.67. The number of hydrogen-bond donors (Lipinski definition) is 0. The molecule has 3 rings (SSSR count). The summed E-state index contributed by atoms with van der Waals surface area (Å²) in [5.74, 6) is 0.298. The summed E-state index contributed by atoms with van der Waals surface area (Å²) < 4.78 is 44.4. The number of hydrogen-bond acceptors (Lipinski definition) is 7. The number of benzene rings is 2. The van der Waals surface area contributed by atoms with Crippen LogP contribution in [0.1, 0.15) is 18.1 Å². The Morgan fingerprint density at radius 3 is 2.03 bits per heavy atom. The zero-order valence-corrected chi connectivity index (χ0v) is 22.1. The van der Waals surface area contributed by atoms with Gasteiger partial charge < -0.3 is 24.0 Å². The summed E-state index contributed by atoms with van der Waals surface area (Å²) in [6.07, 6.45) is -0.419. The van der Waals surface area contributed by atoms with Gasteiger partial charge in [0, 0.05) is 32.2 Å². The number of nitrogens with zero attached hydrogens (tertiary/aromatic N) is 3. The molecule has 2 aromatic carbocycles. The average molecular weight is 520 g/mol. The van der Waals surface area contributed by atoms with E-state index in [0.29, 0.717) is 24.5 Å². The van der Waals surface area contributed by atoms with Gasteiger partial charge in [0.25, 0.3) is 10.0 Å². The lowest BCUT2D eigenvalue weighted by Crippen LogP contribution is -2.53. The van der Waals surface area contributed by atoms with Crippen LogP contribution in [0.4, 0.5) is 10.5 Å². The molecule has 0 unspecified atom stereocenters. The molecule has 2 amide bonds. The van der Waals surface area contributed by atoms with Crippen LogP contribution in [0.25, 0.3) is 0 Å². The number of ether oxygens (including phenoxy) is 3. The maximum atomic E-state index is 13.8. The Morgan fingerprint density at radius 1 is 0.889 bits per heavy atom. The second kappa shape index (κ2) is 11.5. The van der Waals surface area contributed by atoms with Crippen molar-refractivity contribution in [3.05, 3.63) is 47.5 Å². The summed E-state index contributed by atoms with van der Waals surface area (Å²) in [5, 5.41) is 0. The molecule has 0 aliphatic carbocycles. The van der Waals surface area contributed by atoms with Crippen LogP contribution in [0, 0.1) is 13.8 Å². The molecule has 1 aliphatic heterocycles. The number of rotatable bonds is 8. The molecule has 0 N–H and O–H groups in total. The lowest BCUT2D eigenvalue weighted by Gasteiger charge is -2.35. The topological polar surface area (TPSA) is 106 Å². The van der Waals surface area contributed by atoms with E-state index in [-0.39, 0.29) is 42.8 Å². The number of aryl methyl sites for hydroxylation is 2. The molecular weight excluding hydrogens is 486 g/mol. The molecule has 0 spiro atoms. The van der Waals surface area contributed by atoms with Gasteiger partial charge in [-0.05, 0) is 56.2 Å². The number of carbonyl (C=O) groups is 2. The van der Waals surface area contributed by atoms with E-state index in [1.165, 1.54) is 37.3 Å². The molecule has 0 bridgehead atoms. The van der Waals surface area contributed by atoms with Crippen molar-refractivity contribution in [2.24, 2.45) is 0 Å². The second-order valence-electron chi connectivity index (χ2n) is 8.44. The number of methoxy groups -OCH3 is 2. The van der Waals surface area contributed by atoms with E-state index >= 15 is 0 Å². The highest BCUT2D eigenvalue weighted by Crippen LogP contribution is 2.32. The fourth-order valence-corrected chi connectivity index (χ4v) is 5.50. The first-order valence-electron chi connectivity index (χ1n) is 11.6. The predicted molar refractivity (Wildman–Crippen MR) is 135 cm³/mol. The third-order valence-electron chi connectivity index (χ3n) is 5.87. The van der Waals surface area contributed by atoms with Crippen LogP contribution in [0.2, 0.25) is 0 Å². The normalized spacial score (nSPS) is 13.8.